The van der Waals surface area contributed by atoms with E-state index in [4.69, 9.17) is 10.2 Å². The summed E-state index contributed by atoms with van der Waals surface area (Å²) in [5, 5.41) is 0.670. The van der Waals surface area contributed by atoms with Crippen molar-refractivity contribution in [3.05, 3.63) is 35.3 Å². The van der Waals surface area contributed by atoms with Crippen LogP contribution in [0.1, 0.15) is 11.3 Å². The van der Waals surface area contributed by atoms with Crippen molar-refractivity contribution in [2.45, 2.75) is 13.5 Å². The summed E-state index contributed by atoms with van der Waals surface area (Å²) in [5.74, 6) is 0.137. The molecule has 1 aromatic carbocycles. The Labute approximate surface area is 90.8 Å². The van der Waals surface area contributed by atoms with Gasteiger partial charge in [-0.05, 0) is 25.1 Å². The monoisotopic (exact) mass is 223 g/mol. The predicted octanol–water partition coefficient (Wildman–Crippen LogP) is 2.48. The van der Waals surface area contributed by atoms with Crippen molar-refractivity contribution in [2.24, 2.45) is 5.73 Å². The predicted molar refractivity (Wildman–Crippen MR) is 55.3 cm³/mol. The maximum Gasteiger partial charge on any atom is 0.404 e. The van der Waals surface area contributed by atoms with Crippen LogP contribution in [0.5, 0.6) is 0 Å². The van der Waals surface area contributed by atoms with Gasteiger partial charge in [0.2, 0.25) is 0 Å². The molecule has 2 N–H and O–H groups in total. The van der Waals surface area contributed by atoms with Gasteiger partial charge in [0, 0.05) is 10.9 Å². The van der Waals surface area contributed by atoms with Crippen molar-refractivity contribution in [2.75, 3.05) is 0 Å². The van der Waals surface area contributed by atoms with Gasteiger partial charge in [0.25, 0.3) is 0 Å². The van der Waals surface area contributed by atoms with Crippen molar-refractivity contribution in [3.8, 4) is 0 Å². The summed E-state index contributed by atoms with van der Waals surface area (Å²) in [5.41, 5.74) is 6.15. The van der Waals surface area contributed by atoms with Crippen LogP contribution in [0.2, 0.25) is 0 Å². The lowest BCUT2D eigenvalue weighted by Gasteiger charge is -1.98. The van der Waals surface area contributed by atoms with Crippen LogP contribution >= 0.6 is 0 Å². The molecule has 2 rings (SSSR count). The van der Waals surface area contributed by atoms with Gasteiger partial charge in [-0.1, -0.05) is 0 Å². The van der Waals surface area contributed by atoms with Gasteiger partial charge in [0.15, 0.2) is 6.61 Å². The fraction of sp³-hybridized carbons (Fsp3) is 0.182. The lowest BCUT2D eigenvalue weighted by Crippen LogP contribution is -2.12. The summed E-state index contributed by atoms with van der Waals surface area (Å²) < 4.78 is 23.0. The maximum absolute atomic E-state index is 13.0. The van der Waals surface area contributed by atoms with Crippen LogP contribution in [0.3, 0.4) is 0 Å². The molecular formula is C11H10FNO3. The van der Waals surface area contributed by atoms with E-state index in [9.17, 15) is 9.18 Å². The Morgan fingerprint density at radius 2 is 2.31 bits per heavy atom. The largest absolute Gasteiger partial charge is 0.457 e. The van der Waals surface area contributed by atoms with Crippen LogP contribution in [0, 0.1) is 12.7 Å². The molecular weight excluding hydrogens is 213 g/mol. The average molecular weight is 223 g/mol. The zero-order valence-corrected chi connectivity index (χ0v) is 8.62. The van der Waals surface area contributed by atoms with E-state index in [1.165, 1.54) is 18.2 Å². The summed E-state index contributed by atoms with van der Waals surface area (Å²) in [6.45, 7) is 1.72. The molecule has 0 bridgehead atoms. The molecule has 4 nitrogen and oxygen atoms in total. The van der Waals surface area contributed by atoms with E-state index in [2.05, 4.69) is 4.74 Å². The van der Waals surface area contributed by atoms with E-state index in [0.717, 1.165) is 5.56 Å². The molecule has 1 amide bonds. The number of rotatable bonds is 2. The second-order valence-corrected chi connectivity index (χ2v) is 3.40. The molecule has 0 atom stereocenters. The lowest BCUT2D eigenvalue weighted by molar-refractivity contribution is 0.142. The molecule has 1 heterocycles. The van der Waals surface area contributed by atoms with E-state index < -0.39 is 6.09 Å². The number of nitrogens with two attached hydrogens (primary N) is 1. The SMILES string of the molecule is Cc1c(COC(N)=O)oc2ccc(F)cc12. The van der Waals surface area contributed by atoms with Crippen LogP contribution in [-0.4, -0.2) is 6.09 Å². The van der Waals surface area contributed by atoms with Gasteiger partial charge in [-0.15, -0.1) is 0 Å². The van der Waals surface area contributed by atoms with Gasteiger partial charge >= 0.3 is 6.09 Å². The number of fused-ring (bicyclic) bond motifs is 1. The van der Waals surface area contributed by atoms with Gasteiger partial charge in [0.1, 0.15) is 17.2 Å². The summed E-state index contributed by atoms with van der Waals surface area (Å²) >= 11 is 0. The third-order valence-electron chi connectivity index (χ3n) is 2.34. The number of hydrogen-bond donors (Lipinski definition) is 1. The fourth-order valence-corrected chi connectivity index (χ4v) is 1.52. The van der Waals surface area contributed by atoms with Crippen LogP contribution < -0.4 is 5.73 Å². The molecule has 0 fully saturated rings. The smallest absolute Gasteiger partial charge is 0.404 e. The van der Waals surface area contributed by atoms with Gasteiger partial charge in [0.05, 0.1) is 0 Å². The van der Waals surface area contributed by atoms with Crippen LogP contribution in [0.4, 0.5) is 9.18 Å². The van der Waals surface area contributed by atoms with Gasteiger partial charge in [-0.2, -0.15) is 0 Å². The molecule has 0 aliphatic heterocycles. The fourth-order valence-electron chi connectivity index (χ4n) is 1.52. The first-order valence-electron chi connectivity index (χ1n) is 4.67. The number of benzene rings is 1. The van der Waals surface area contributed by atoms with Crippen molar-refractivity contribution in [1.82, 2.24) is 0 Å². The van der Waals surface area contributed by atoms with E-state index in [1.54, 1.807) is 6.92 Å². The van der Waals surface area contributed by atoms with Crippen molar-refractivity contribution in [3.63, 3.8) is 0 Å². The normalized spacial score (nSPS) is 10.6. The third-order valence-corrected chi connectivity index (χ3v) is 2.34. The number of ether oxygens (including phenoxy) is 1. The zero-order valence-electron chi connectivity index (χ0n) is 8.62. The number of furan rings is 1. The number of amides is 1. The van der Waals surface area contributed by atoms with Crippen molar-refractivity contribution >= 4 is 17.1 Å². The second kappa shape index (κ2) is 3.84. The van der Waals surface area contributed by atoms with E-state index >= 15 is 0 Å². The third kappa shape index (κ3) is 1.84. The Balaban J connectivity index is 2.40. The topological polar surface area (TPSA) is 65.5 Å². The first-order chi connectivity index (χ1) is 7.58. The Hall–Kier alpha value is -2.04. The van der Waals surface area contributed by atoms with Gasteiger partial charge in [-0.25, -0.2) is 9.18 Å². The number of primary amides is 1. The summed E-state index contributed by atoms with van der Waals surface area (Å²) in [6, 6.07) is 4.22. The Bertz CT molecular complexity index is 547. The maximum atomic E-state index is 13.0. The number of halogens is 1. The van der Waals surface area contributed by atoms with Crippen LogP contribution in [0.25, 0.3) is 11.0 Å². The van der Waals surface area contributed by atoms with Crippen molar-refractivity contribution in [1.29, 1.82) is 0 Å². The quantitative estimate of drug-likeness (QED) is 0.850. The van der Waals surface area contributed by atoms with E-state index in [-0.39, 0.29) is 12.4 Å². The minimum absolute atomic E-state index is 0.0442. The number of aryl methyl sites for hydroxylation is 1. The highest BCUT2D eigenvalue weighted by Crippen LogP contribution is 2.26. The van der Waals surface area contributed by atoms with Crippen LogP contribution in [0.15, 0.2) is 22.6 Å². The van der Waals surface area contributed by atoms with E-state index in [0.29, 0.717) is 16.7 Å². The molecule has 5 heteroatoms. The minimum atomic E-state index is -0.869. The minimum Gasteiger partial charge on any atom is -0.457 e. The highest BCUT2D eigenvalue weighted by atomic mass is 19.1. The molecule has 0 spiro atoms. The van der Waals surface area contributed by atoms with Crippen LogP contribution in [-0.2, 0) is 11.3 Å². The van der Waals surface area contributed by atoms with Crippen molar-refractivity contribution < 1.29 is 18.3 Å². The second-order valence-electron chi connectivity index (χ2n) is 3.40. The molecule has 16 heavy (non-hydrogen) atoms. The Morgan fingerprint density at radius 3 is 3.00 bits per heavy atom. The molecule has 0 aliphatic rings. The summed E-state index contributed by atoms with van der Waals surface area (Å²) in [6.07, 6.45) is -0.869. The van der Waals surface area contributed by atoms with Gasteiger partial charge in [-0.3, -0.25) is 0 Å². The van der Waals surface area contributed by atoms with E-state index in [1.807, 2.05) is 0 Å². The number of carbonyl (C=O) groups excluding carboxylic acids is 1. The average Bonchev–Trinajstić information content (AvgIpc) is 2.53. The lowest BCUT2D eigenvalue weighted by atomic mass is 10.1. The standard InChI is InChI=1S/C11H10FNO3/c1-6-8-4-7(12)2-3-9(8)16-10(6)5-15-11(13)14/h2-4H,5H2,1H3,(H2,13,14). The first-order valence-corrected chi connectivity index (χ1v) is 4.67. The molecule has 2 aromatic rings. The van der Waals surface area contributed by atoms with Gasteiger partial charge < -0.3 is 14.9 Å². The molecule has 0 unspecified atom stereocenters. The molecule has 0 aliphatic carbocycles. The molecule has 0 saturated heterocycles. The first kappa shape index (κ1) is 10.5. The molecule has 84 valence electrons. The number of hydrogen-bond acceptors (Lipinski definition) is 3. The highest BCUT2D eigenvalue weighted by Gasteiger charge is 2.12. The summed E-state index contributed by atoms with van der Waals surface area (Å²) in [4.78, 5) is 10.5. The Kier molecular flexibility index (Phi) is 2.52. The molecule has 0 radical (unpaired) electrons. The Morgan fingerprint density at radius 1 is 1.56 bits per heavy atom. The molecule has 0 saturated carbocycles. The highest BCUT2D eigenvalue weighted by molar-refractivity contribution is 5.82. The number of carbonyl (C=O) groups is 1. The summed E-state index contributed by atoms with van der Waals surface area (Å²) in [7, 11) is 0. The molecule has 1 aromatic heterocycles. The zero-order chi connectivity index (χ0) is 11.7.